The Bertz CT molecular complexity index is 259. The van der Waals surface area contributed by atoms with Gasteiger partial charge in [-0.15, -0.1) is 0 Å². The van der Waals surface area contributed by atoms with Gasteiger partial charge in [0.05, 0.1) is 6.10 Å². The lowest BCUT2D eigenvalue weighted by molar-refractivity contribution is 0.0565. The third-order valence-electron chi connectivity index (χ3n) is 4.03. The van der Waals surface area contributed by atoms with Crippen LogP contribution < -0.4 is 5.32 Å². The first-order valence-corrected chi connectivity index (χ1v) is 7.82. The van der Waals surface area contributed by atoms with Crippen LogP contribution in [0.2, 0.25) is 0 Å². The molecule has 0 aromatic heterocycles. The van der Waals surface area contributed by atoms with E-state index in [4.69, 9.17) is 0 Å². The van der Waals surface area contributed by atoms with Crippen LogP contribution in [0.15, 0.2) is 0 Å². The average Bonchev–Trinajstić information content (AvgIpc) is 2.41. The molecule has 1 rings (SSSR count). The number of rotatable bonds is 7. The molecule has 0 spiro atoms. The van der Waals surface area contributed by atoms with Crippen molar-refractivity contribution >= 4 is 6.03 Å². The fraction of sp³-hybridized carbons (Fsp3) is 0.933. The third-order valence-corrected chi connectivity index (χ3v) is 4.03. The number of hydrogen-bond acceptors (Lipinski definition) is 2. The van der Waals surface area contributed by atoms with E-state index in [1.54, 1.807) is 4.90 Å². The number of aliphatic hydroxyl groups is 1. The zero-order chi connectivity index (χ0) is 14.1. The molecule has 1 saturated carbocycles. The second-order valence-electron chi connectivity index (χ2n) is 5.78. The van der Waals surface area contributed by atoms with Crippen LogP contribution in [0.1, 0.15) is 58.3 Å². The van der Waals surface area contributed by atoms with Crippen LogP contribution in [0.5, 0.6) is 0 Å². The van der Waals surface area contributed by atoms with Crippen molar-refractivity contribution in [3.05, 3.63) is 0 Å². The molecule has 1 aliphatic carbocycles. The van der Waals surface area contributed by atoms with Crippen molar-refractivity contribution in [2.75, 3.05) is 20.1 Å². The number of aliphatic hydroxyl groups excluding tert-OH is 1. The molecule has 2 unspecified atom stereocenters. The van der Waals surface area contributed by atoms with E-state index < -0.39 is 0 Å². The molecule has 0 heterocycles. The first-order valence-electron chi connectivity index (χ1n) is 7.82. The van der Waals surface area contributed by atoms with Crippen LogP contribution in [0.4, 0.5) is 4.79 Å². The Morgan fingerprint density at radius 1 is 1.26 bits per heavy atom. The summed E-state index contributed by atoms with van der Waals surface area (Å²) in [5, 5.41) is 12.9. The van der Waals surface area contributed by atoms with Gasteiger partial charge in [0.15, 0.2) is 0 Å². The molecule has 2 N–H and O–H groups in total. The lowest BCUT2D eigenvalue weighted by atomic mass is 9.86. The molecular weight excluding hydrogens is 240 g/mol. The summed E-state index contributed by atoms with van der Waals surface area (Å²) >= 11 is 0. The van der Waals surface area contributed by atoms with Gasteiger partial charge in [-0.25, -0.2) is 4.79 Å². The van der Waals surface area contributed by atoms with Gasteiger partial charge in [-0.2, -0.15) is 0 Å². The fourth-order valence-electron chi connectivity index (χ4n) is 2.72. The summed E-state index contributed by atoms with van der Waals surface area (Å²) < 4.78 is 0. The van der Waals surface area contributed by atoms with Crippen molar-refractivity contribution in [2.45, 2.75) is 64.4 Å². The Balaban J connectivity index is 2.16. The van der Waals surface area contributed by atoms with E-state index in [2.05, 4.69) is 12.2 Å². The summed E-state index contributed by atoms with van der Waals surface area (Å²) in [4.78, 5) is 13.6. The highest BCUT2D eigenvalue weighted by atomic mass is 16.3. The first kappa shape index (κ1) is 16.3. The summed E-state index contributed by atoms with van der Waals surface area (Å²) in [6.07, 6.45) is 8.67. The van der Waals surface area contributed by atoms with E-state index in [1.807, 2.05) is 7.05 Å². The minimum absolute atomic E-state index is 0.00530. The van der Waals surface area contributed by atoms with Gasteiger partial charge in [0.25, 0.3) is 0 Å². The number of nitrogens with zero attached hydrogens (tertiary/aromatic N) is 1. The zero-order valence-electron chi connectivity index (χ0n) is 12.5. The molecule has 0 bridgehead atoms. The van der Waals surface area contributed by atoms with Crippen molar-refractivity contribution in [3.8, 4) is 0 Å². The summed E-state index contributed by atoms with van der Waals surface area (Å²) in [7, 11) is 1.82. The highest BCUT2D eigenvalue weighted by Crippen LogP contribution is 2.24. The predicted octanol–water partition coefficient (Wildman–Crippen LogP) is 2.76. The van der Waals surface area contributed by atoms with Crippen LogP contribution in [0, 0.1) is 5.92 Å². The third kappa shape index (κ3) is 6.28. The lowest BCUT2D eigenvalue weighted by Gasteiger charge is -2.31. The molecule has 19 heavy (non-hydrogen) atoms. The van der Waals surface area contributed by atoms with Crippen molar-refractivity contribution in [1.82, 2.24) is 10.2 Å². The number of carbonyl (C=O) groups is 1. The zero-order valence-corrected chi connectivity index (χ0v) is 12.5. The Labute approximate surface area is 117 Å². The molecule has 4 nitrogen and oxygen atoms in total. The highest BCUT2D eigenvalue weighted by molar-refractivity contribution is 5.73. The van der Waals surface area contributed by atoms with Crippen LogP contribution in [-0.2, 0) is 0 Å². The minimum Gasteiger partial charge on any atom is -0.393 e. The predicted molar refractivity (Wildman–Crippen MR) is 78.1 cm³/mol. The highest BCUT2D eigenvalue weighted by Gasteiger charge is 2.25. The molecule has 0 aliphatic heterocycles. The second kappa shape index (κ2) is 9.18. The first-order chi connectivity index (χ1) is 9.15. The van der Waals surface area contributed by atoms with Gasteiger partial charge < -0.3 is 15.3 Å². The minimum atomic E-state index is -0.228. The van der Waals surface area contributed by atoms with E-state index >= 15 is 0 Å². The maximum absolute atomic E-state index is 11.9. The Kier molecular flexibility index (Phi) is 7.87. The molecule has 0 aromatic carbocycles. The molecule has 1 fully saturated rings. The average molecular weight is 270 g/mol. The van der Waals surface area contributed by atoms with Crippen LogP contribution in [0.3, 0.4) is 0 Å². The fourth-order valence-corrected chi connectivity index (χ4v) is 2.72. The van der Waals surface area contributed by atoms with Gasteiger partial charge in [0, 0.05) is 26.1 Å². The summed E-state index contributed by atoms with van der Waals surface area (Å²) in [6, 6.07) is -0.00530. The normalized spacial score (nSPS) is 23.1. The van der Waals surface area contributed by atoms with Crippen molar-refractivity contribution in [3.63, 3.8) is 0 Å². The van der Waals surface area contributed by atoms with Crippen LogP contribution in [-0.4, -0.2) is 42.3 Å². The maximum Gasteiger partial charge on any atom is 0.317 e. The monoisotopic (exact) mass is 270 g/mol. The van der Waals surface area contributed by atoms with Crippen molar-refractivity contribution < 1.29 is 9.90 Å². The van der Waals surface area contributed by atoms with E-state index in [0.717, 1.165) is 32.2 Å². The molecule has 2 amide bonds. The number of amides is 2. The largest absolute Gasteiger partial charge is 0.393 e. The summed E-state index contributed by atoms with van der Waals surface area (Å²) in [6.45, 7) is 3.61. The summed E-state index contributed by atoms with van der Waals surface area (Å²) in [5.74, 6) is 0.254. The Morgan fingerprint density at radius 3 is 2.68 bits per heavy atom. The SMILES string of the molecule is CCCCCCNC(=O)N(C)CC1CCCCC1O. The molecule has 0 aromatic rings. The molecule has 0 saturated heterocycles. The lowest BCUT2D eigenvalue weighted by Crippen LogP contribution is -2.43. The molecule has 2 atom stereocenters. The molecular formula is C15H30N2O2. The quantitative estimate of drug-likeness (QED) is 0.699. The van der Waals surface area contributed by atoms with Crippen molar-refractivity contribution in [1.29, 1.82) is 0 Å². The van der Waals surface area contributed by atoms with Gasteiger partial charge >= 0.3 is 6.03 Å². The number of hydrogen-bond donors (Lipinski definition) is 2. The molecule has 4 heteroatoms. The smallest absolute Gasteiger partial charge is 0.317 e. The van der Waals surface area contributed by atoms with E-state index in [-0.39, 0.29) is 18.1 Å². The van der Waals surface area contributed by atoms with E-state index in [1.165, 1.54) is 25.7 Å². The number of carbonyl (C=O) groups excluding carboxylic acids is 1. The maximum atomic E-state index is 11.9. The van der Waals surface area contributed by atoms with Gasteiger partial charge in [-0.3, -0.25) is 0 Å². The van der Waals surface area contributed by atoms with E-state index in [9.17, 15) is 9.90 Å². The summed E-state index contributed by atoms with van der Waals surface area (Å²) in [5.41, 5.74) is 0. The number of nitrogens with one attached hydrogen (secondary N) is 1. The topological polar surface area (TPSA) is 52.6 Å². The standard InChI is InChI=1S/C15H30N2O2/c1-3-4-5-8-11-16-15(19)17(2)12-13-9-6-7-10-14(13)18/h13-14,18H,3-12H2,1-2H3,(H,16,19). The molecule has 1 aliphatic rings. The van der Waals surface area contributed by atoms with Gasteiger partial charge in [-0.1, -0.05) is 39.0 Å². The van der Waals surface area contributed by atoms with Crippen LogP contribution >= 0.6 is 0 Å². The number of unbranched alkanes of at least 4 members (excludes halogenated alkanes) is 3. The van der Waals surface area contributed by atoms with Gasteiger partial charge in [0.1, 0.15) is 0 Å². The number of urea groups is 1. The van der Waals surface area contributed by atoms with E-state index in [0.29, 0.717) is 6.54 Å². The Hall–Kier alpha value is -0.770. The Morgan fingerprint density at radius 2 is 2.00 bits per heavy atom. The molecule has 112 valence electrons. The van der Waals surface area contributed by atoms with Crippen molar-refractivity contribution in [2.24, 2.45) is 5.92 Å². The van der Waals surface area contributed by atoms with Gasteiger partial charge in [-0.05, 0) is 19.3 Å². The second-order valence-corrected chi connectivity index (χ2v) is 5.78. The van der Waals surface area contributed by atoms with Gasteiger partial charge in [0.2, 0.25) is 0 Å². The van der Waals surface area contributed by atoms with Crippen LogP contribution in [0.25, 0.3) is 0 Å². The molecule has 0 radical (unpaired) electrons.